The molecule has 8 nitrogen and oxygen atoms in total. The van der Waals surface area contributed by atoms with Crippen molar-refractivity contribution in [1.29, 1.82) is 0 Å². The summed E-state index contributed by atoms with van der Waals surface area (Å²) in [7, 11) is 3.00. The monoisotopic (exact) mass is 464 g/mol. The third-order valence-electron chi connectivity index (χ3n) is 4.61. The lowest BCUT2D eigenvalue weighted by Gasteiger charge is -2.19. The summed E-state index contributed by atoms with van der Waals surface area (Å²) < 4.78 is 7.97. The number of ether oxygens (including phenoxy) is 1. The topological polar surface area (TPSA) is 99.2 Å². The van der Waals surface area contributed by atoms with E-state index in [-0.39, 0.29) is 23.4 Å². The minimum absolute atomic E-state index is 0.0697. The van der Waals surface area contributed by atoms with Crippen molar-refractivity contribution in [1.82, 2.24) is 19.1 Å². The van der Waals surface area contributed by atoms with E-state index in [1.807, 2.05) is 20.8 Å². The number of halogens is 1. The Kier molecular flexibility index (Phi) is 6.78. The van der Waals surface area contributed by atoms with E-state index >= 15 is 0 Å². The second-order valence-corrected chi connectivity index (χ2v) is 9.68. The molecule has 0 radical (unpaired) electrons. The first-order valence-electron chi connectivity index (χ1n) is 9.66. The first kappa shape index (κ1) is 23.3. The highest BCUT2D eigenvalue weighted by atomic mass is 35.5. The Bertz CT molecular complexity index is 1220. The van der Waals surface area contributed by atoms with Crippen molar-refractivity contribution in [3.05, 3.63) is 56.0 Å². The van der Waals surface area contributed by atoms with Gasteiger partial charge in [-0.3, -0.25) is 13.9 Å². The van der Waals surface area contributed by atoms with E-state index in [9.17, 15) is 14.7 Å². The molecule has 2 heterocycles. The van der Waals surface area contributed by atoms with Gasteiger partial charge in [0.25, 0.3) is 5.56 Å². The quantitative estimate of drug-likeness (QED) is 0.442. The van der Waals surface area contributed by atoms with Crippen LogP contribution in [0.3, 0.4) is 0 Å². The van der Waals surface area contributed by atoms with Gasteiger partial charge in [-0.1, -0.05) is 32.4 Å². The van der Waals surface area contributed by atoms with Gasteiger partial charge in [0.1, 0.15) is 28.6 Å². The number of benzene rings is 1. The number of aliphatic hydroxyl groups is 1. The molecule has 0 unspecified atom stereocenters. The van der Waals surface area contributed by atoms with Gasteiger partial charge >= 0.3 is 5.69 Å². The zero-order valence-electron chi connectivity index (χ0n) is 18.0. The van der Waals surface area contributed by atoms with E-state index in [0.717, 1.165) is 4.57 Å². The smallest absolute Gasteiger partial charge is 0.332 e. The van der Waals surface area contributed by atoms with E-state index in [1.54, 1.807) is 31.3 Å². The van der Waals surface area contributed by atoms with E-state index in [0.29, 0.717) is 21.6 Å². The summed E-state index contributed by atoms with van der Waals surface area (Å²) in [4.78, 5) is 34.3. The fourth-order valence-electron chi connectivity index (χ4n) is 2.82. The van der Waals surface area contributed by atoms with Gasteiger partial charge < -0.3 is 9.84 Å². The molecule has 166 valence electrons. The summed E-state index contributed by atoms with van der Waals surface area (Å²) in [6.07, 6.45) is -0.805. The lowest BCUT2D eigenvalue weighted by molar-refractivity contribution is 0.126. The molecular weight excluding hydrogens is 440 g/mol. The molecule has 10 heteroatoms. The van der Waals surface area contributed by atoms with Gasteiger partial charge in [-0.2, -0.15) is 0 Å². The molecule has 0 saturated heterocycles. The first-order chi connectivity index (χ1) is 14.5. The van der Waals surface area contributed by atoms with Crippen molar-refractivity contribution in [2.24, 2.45) is 14.1 Å². The molecule has 0 aliphatic heterocycles. The molecule has 0 aliphatic carbocycles. The number of rotatable bonds is 6. The Labute approximate surface area is 188 Å². The Balaban J connectivity index is 1.90. The number of aryl methyl sites for hydroxylation is 1. The van der Waals surface area contributed by atoms with E-state index in [4.69, 9.17) is 16.3 Å². The van der Waals surface area contributed by atoms with Gasteiger partial charge in [0.05, 0.1) is 6.10 Å². The van der Waals surface area contributed by atoms with Crippen LogP contribution in [0.5, 0.6) is 5.75 Å². The molecule has 0 amide bonds. The lowest BCUT2D eigenvalue weighted by atomic mass is 9.96. The highest BCUT2D eigenvalue weighted by Crippen LogP contribution is 2.27. The number of thioether (sulfide) groups is 1. The molecule has 0 aliphatic rings. The molecule has 0 spiro atoms. The zero-order chi connectivity index (χ0) is 22.9. The van der Waals surface area contributed by atoms with Crippen LogP contribution < -0.4 is 16.0 Å². The number of hydrogen-bond acceptors (Lipinski definition) is 7. The van der Waals surface area contributed by atoms with Crippen molar-refractivity contribution < 1.29 is 9.84 Å². The number of nitrogens with zero attached hydrogens (tertiary/aromatic N) is 4. The van der Waals surface area contributed by atoms with Crippen molar-refractivity contribution in [3.63, 3.8) is 0 Å². The average Bonchev–Trinajstić information content (AvgIpc) is 2.73. The Morgan fingerprint density at radius 1 is 1.13 bits per heavy atom. The largest absolute Gasteiger partial charge is 0.491 e. The third kappa shape index (κ3) is 5.11. The van der Waals surface area contributed by atoms with Crippen LogP contribution in [0.2, 0.25) is 5.02 Å². The van der Waals surface area contributed by atoms with Gasteiger partial charge in [0, 0.05) is 30.3 Å². The van der Waals surface area contributed by atoms with E-state index in [2.05, 4.69) is 9.97 Å². The lowest BCUT2D eigenvalue weighted by Crippen LogP contribution is -2.38. The minimum atomic E-state index is -0.805. The fraction of sp³-hybridized carbons (Fsp3) is 0.429. The van der Waals surface area contributed by atoms with Gasteiger partial charge in [0.2, 0.25) is 0 Å². The Morgan fingerprint density at radius 2 is 1.77 bits per heavy atom. The molecule has 2 aromatic heterocycles. The maximum absolute atomic E-state index is 12.8. The Hall–Kier alpha value is -2.36. The molecule has 0 bridgehead atoms. The van der Waals surface area contributed by atoms with Gasteiger partial charge in [0.15, 0.2) is 5.65 Å². The maximum atomic E-state index is 12.8. The highest BCUT2D eigenvalue weighted by Gasteiger charge is 2.24. The van der Waals surface area contributed by atoms with Gasteiger partial charge in [-0.15, -0.1) is 11.8 Å². The standard InChI is InChI=1S/C21H25ClN4O4S/c1-21(2,3)19-23-16-15(18(28)26(5)20(29)25(16)4)17(24-19)31-11-13(27)10-30-14-8-6-12(22)7-9-14/h6-9,13,27H,10-11H2,1-5H3/t13-/m0/s1. The molecule has 1 atom stereocenters. The van der Waals surface area contributed by atoms with Crippen LogP contribution in [-0.4, -0.2) is 42.7 Å². The molecule has 1 N–H and O–H groups in total. The van der Waals surface area contributed by atoms with Gasteiger partial charge in [-0.25, -0.2) is 14.8 Å². The third-order valence-corrected chi connectivity index (χ3v) is 5.98. The summed E-state index contributed by atoms with van der Waals surface area (Å²) in [5, 5.41) is 11.7. The average molecular weight is 465 g/mol. The Morgan fingerprint density at radius 3 is 2.39 bits per heavy atom. The molecule has 0 fully saturated rings. The van der Waals surface area contributed by atoms with Crippen LogP contribution in [0, 0.1) is 0 Å². The molecule has 1 aromatic carbocycles. The summed E-state index contributed by atoms with van der Waals surface area (Å²) >= 11 is 7.09. The SMILES string of the molecule is Cn1c(=O)c2c(SC[C@@H](O)COc3ccc(Cl)cc3)nc(C(C)(C)C)nc2n(C)c1=O. The number of hydrogen-bond donors (Lipinski definition) is 1. The second-order valence-electron chi connectivity index (χ2n) is 8.24. The number of aromatic nitrogens is 4. The van der Waals surface area contributed by atoms with Crippen molar-refractivity contribution in [2.75, 3.05) is 12.4 Å². The summed E-state index contributed by atoms with van der Waals surface area (Å²) in [5.74, 6) is 1.35. The van der Waals surface area contributed by atoms with Gasteiger partial charge in [-0.05, 0) is 24.3 Å². The number of aliphatic hydroxyl groups excluding tert-OH is 1. The molecule has 0 saturated carbocycles. The van der Waals surface area contributed by atoms with E-state index in [1.165, 1.54) is 23.4 Å². The predicted molar refractivity (Wildman–Crippen MR) is 122 cm³/mol. The zero-order valence-corrected chi connectivity index (χ0v) is 19.6. The van der Waals surface area contributed by atoms with Crippen LogP contribution in [0.1, 0.15) is 26.6 Å². The molecule has 3 aromatic rings. The second kappa shape index (κ2) is 9.02. The van der Waals surface area contributed by atoms with Crippen LogP contribution in [0.15, 0.2) is 38.9 Å². The van der Waals surface area contributed by atoms with Crippen LogP contribution in [0.25, 0.3) is 11.0 Å². The highest BCUT2D eigenvalue weighted by molar-refractivity contribution is 7.99. The van der Waals surface area contributed by atoms with Crippen molar-refractivity contribution >= 4 is 34.4 Å². The fourth-order valence-corrected chi connectivity index (χ4v) is 3.86. The molecule has 3 rings (SSSR count). The molecule has 31 heavy (non-hydrogen) atoms. The van der Waals surface area contributed by atoms with Crippen molar-refractivity contribution in [3.8, 4) is 5.75 Å². The first-order valence-corrected chi connectivity index (χ1v) is 11.0. The van der Waals surface area contributed by atoms with E-state index < -0.39 is 22.8 Å². The molecular formula is C21H25ClN4O4S. The minimum Gasteiger partial charge on any atom is -0.491 e. The summed E-state index contributed by atoms with van der Waals surface area (Å²) in [5.41, 5.74) is -1.03. The maximum Gasteiger partial charge on any atom is 0.332 e. The summed E-state index contributed by atoms with van der Waals surface area (Å²) in [6.45, 7) is 5.93. The number of fused-ring (bicyclic) bond motifs is 1. The normalized spacial score (nSPS) is 12.9. The van der Waals surface area contributed by atoms with Crippen LogP contribution >= 0.6 is 23.4 Å². The summed E-state index contributed by atoms with van der Waals surface area (Å²) in [6, 6.07) is 6.86. The predicted octanol–water partition coefficient (Wildman–Crippen LogP) is 2.51. The van der Waals surface area contributed by atoms with Crippen LogP contribution in [-0.2, 0) is 19.5 Å². The van der Waals surface area contributed by atoms with Crippen LogP contribution in [0.4, 0.5) is 0 Å². The van der Waals surface area contributed by atoms with Crippen molar-refractivity contribution in [2.45, 2.75) is 37.3 Å².